The van der Waals surface area contributed by atoms with Gasteiger partial charge >= 0.3 is 0 Å². The van der Waals surface area contributed by atoms with Gasteiger partial charge in [0.05, 0.1) is 12.2 Å². The van der Waals surface area contributed by atoms with Crippen LogP contribution in [0.1, 0.15) is 30.0 Å². The summed E-state index contributed by atoms with van der Waals surface area (Å²) in [7, 11) is 0. The maximum atomic E-state index is 4.34. The molecule has 17 heavy (non-hydrogen) atoms. The van der Waals surface area contributed by atoms with Gasteiger partial charge in [0.15, 0.2) is 0 Å². The topological polar surface area (TPSA) is 30.7 Å². The molecule has 0 amide bonds. The summed E-state index contributed by atoms with van der Waals surface area (Å²) in [6.07, 6.45) is 4.65. The van der Waals surface area contributed by atoms with Crippen molar-refractivity contribution in [3.63, 3.8) is 0 Å². The Morgan fingerprint density at radius 1 is 1.29 bits per heavy atom. The number of nitrogens with zero attached hydrogens (tertiary/aromatic N) is 3. The van der Waals surface area contributed by atoms with Gasteiger partial charge in [0.1, 0.15) is 5.03 Å². The van der Waals surface area contributed by atoms with E-state index < -0.39 is 0 Å². The van der Waals surface area contributed by atoms with Crippen molar-refractivity contribution in [3.8, 4) is 0 Å². The molecule has 0 atom stereocenters. The van der Waals surface area contributed by atoms with Crippen LogP contribution in [-0.2, 0) is 6.54 Å². The Hall–Kier alpha value is -1.29. The molecule has 1 saturated carbocycles. The largest absolute Gasteiger partial charge is 0.234 e. The lowest BCUT2D eigenvalue weighted by Crippen LogP contribution is -2.03. The van der Waals surface area contributed by atoms with Gasteiger partial charge in [-0.25, -0.2) is 4.68 Å². The molecule has 0 aliphatic heterocycles. The van der Waals surface area contributed by atoms with Crippen LogP contribution in [-0.4, -0.2) is 21.2 Å². The van der Waals surface area contributed by atoms with Gasteiger partial charge in [0, 0.05) is 5.92 Å². The minimum atomic E-state index is 0.668. The van der Waals surface area contributed by atoms with Crippen LogP contribution in [0.15, 0.2) is 35.4 Å². The third-order valence-electron chi connectivity index (χ3n) is 3.05. The number of rotatable bonds is 4. The Morgan fingerprint density at radius 2 is 2.06 bits per heavy atom. The Morgan fingerprint density at radius 3 is 2.71 bits per heavy atom. The van der Waals surface area contributed by atoms with Crippen LogP contribution in [0.4, 0.5) is 0 Å². The predicted octanol–water partition coefficient (Wildman–Crippen LogP) is 2.93. The Bertz CT molecular complexity index is 503. The summed E-state index contributed by atoms with van der Waals surface area (Å²) in [5, 5.41) is 9.86. The number of thioether (sulfide) groups is 1. The van der Waals surface area contributed by atoms with Crippen LogP contribution in [0.2, 0.25) is 0 Å². The normalized spacial score (nSPS) is 15.1. The van der Waals surface area contributed by atoms with E-state index >= 15 is 0 Å². The molecular weight excluding hydrogens is 230 g/mol. The van der Waals surface area contributed by atoms with E-state index in [2.05, 4.69) is 40.8 Å². The van der Waals surface area contributed by atoms with Crippen LogP contribution in [0.5, 0.6) is 0 Å². The Kier molecular flexibility index (Phi) is 2.89. The fourth-order valence-corrected chi connectivity index (χ4v) is 2.73. The first-order chi connectivity index (χ1) is 8.38. The first kappa shape index (κ1) is 10.8. The summed E-state index contributed by atoms with van der Waals surface area (Å²) in [5.41, 5.74) is 2.48. The van der Waals surface area contributed by atoms with Crippen LogP contribution >= 0.6 is 11.8 Å². The molecule has 3 rings (SSSR count). The van der Waals surface area contributed by atoms with Gasteiger partial charge < -0.3 is 0 Å². The number of benzene rings is 1. The summed E-state index contributed by atoms with van der Waals surface area (Å²) in [4.78, 5) is 0. The van der Waals surface area contributed by atoms with Crippen LogP contribution in [0.3, 0.4) is 0 Å². The van der Waals surface area contributed by atoms with Crippen molar-refractivity contribution in [2.75, 3.05) is 6.26 Å². The molecule has 0 spiro atoms. The predicted molar refractivity (Wildman–Crippen MR) is 69.3 cm³/mol. The van der Waals surface area contributed by atoms with E-state index in [-0.39, 0.29) is 0 Å². The fraction of sp³-hybridized carbons (Fsp3) is 0.385. The standard InChI is InChI=1S/C13H15N3S/c1-17-13-12(11-7-8-11)14-15-16(13)9-10-5-3-2-4-6-10/h2-6,11H,7-9H2,1H3. The molecule has 1 aliphatic rings. The van der Waals surface area contributed by atoms with Gasteiger partial charge in [-0.15, -0.1) is 16.9 Å². The number of hydrogen-bond acceptors (Lipinski definition) is 3. The van der Waals surface area contributed by atoms with Crippen molar-refractivity contribution in [1.29, 1.82) is 0 Å². The first-order valence-electron chi connectivity index (χ1n) is 5.90. The zero-order chi connectivity index (χ0) is 11.7. The minimum Gasteiger partial charge on any atom is -0.234 e. The average molecular weight is 245 g/mol. The van der Waals surface area contributed by atoms with Crippen LogP contribution < -0.4 is 0 Å². The van der Waals surface area contributed by atoms with Crippen molar-refractivity contribution < 1.29 is 0 Å². The molecule has 4 heteroatoms. The molecule has 1 heterocycles. The molecule has 88 valence electrons. The summed E-state index contributed by atoms with van der Waals surface area (Å²) >= 11 is 1.75. The molecule has 0 bridgehead atoms. The lowest BCUT2D eigenvalue weighted by Gasteiger charge is -2.05. The molecule has 1 aromatic carbocycles. The van der Waals surface area contributed by atoms with E-state index in [0.717, 1.165) is 6.54 Å². The highest BCUT2D eigenvalue weighted by molar-refractivity contribution is 7.98. The third kappa shape index (κ3) is 2.22. The van der Waals surface area contributed by atoms with Gasteiger partial charge in [-0.2, -0.15) is 0 Å². The minimum absolute atomic E-state index is 0.668. The second-order valence-electron chi connectivity index (χ2n) is 4.40. The molecule has 1 aromatic heterocycles. The molecule has 3 nitrogen and oxygen atoms in total. The summed E-state index contributed by atoms with van der Waals surface area (Å²) in [5.74, 6) is 0.668. The summed E-state index contributed by atoms with van der Waals surface area (Å²) in [6.45, 7) is 0.816. The first-order valence-corrected chi connectivity index (χ1v) is 7.12. The third-order valence-corrected chi connectivity index (χ3v) is 3.85. The van der Waals surface area contributed by atoms with E-state index in [0.29, 0.717) is 5.92 Å². The van der Waals surface area contributed by atoms with Gasteiger partial charge in [-0.05, 0) is 24.7 Å². The van der Waals surface area contributed by atoms with E-state index in [9.17, 15) is 0 Å². The van der Waals surface area contributed by atoms with E-state index in [4.69, 9.17) is 0 Å². The van der Waals surface area contributed by atoms with Crippen molar-refractivity contribution in [2.45, 2.75) is 30.3 Å². The molecule has 2 aromatic rings. The lowest BCUT2D eigenvalue weighted by molar-refractivity contribution is 0.604. The van der Waals surface area contributed by atoms with Gasteiger partial charge in [-0.1, -0.05) is 35.5 Å². The highest BCUT2D eigenvalue weighted by Crippen LogP contribution is 2.42. The van der Waals surface area contributed by atoms with Crippen LogP contribution in [0.25, 0.3) is 0 Å². The zero-order valence-electron chi connectivity index (χ0n) is 9.84. The van der Waals surface area contributed by atoms with E-state index in [1.165, 1.54) is 29.1 Å². The highest BCUT2D eigenvalue weighted by atomic mass is 32.2. The molecule has 1 aliphatic carbocycles. The monoisotopic (exact) mass is 245 g/mol. The molecule has 0 radical (unpaired) electrons. The molecule has 0 N–H and O–H groups in total. The van der Waals surface area contributed by atoms with Gasteiger partial charge in [0.25, 0.3) is 0 Å². The van der Waals surface area contributed by atoms with Crippen LogP contribution in [0, 0.1) is 0 Å². The quantitative estimate of drug-likeness (QED) is 0.776. The number of hydrogen-bond donors (Lipinski definition) is 0. The average Bonchev–Trinajstić information content (AvgIpc) is 3.13. The Balaban J connectivity index is 1.87. The summed E-state index contributed by atoms with van der Waals surface area (Å²) < 4.78 is 2.02. The second-order valence-corrected chi connectivity index (χ2v) is 5.20. The maximum absolute atomic E-state index is 4.34. The van der Waals surface area contributed by atoms with Crippen molar-refractivity contribution in [2.24, 2.45) is 0 Å². The zero-order valence-corrected chi connectivity index (χ0v) is 10.7. The fourth-order valence-electron chi connectivity index (χ4n) is 2.00. The van der Waals surface area contributed by atoms with Crippen molar-refractivity contribution in [1.82, 2.24) is 15.0 Å². The van der Waals surface area contributed by atoms with E-state index in [1.807, 2.05) is 10.7 Å². The second kappa shape index (κ2) is 4.53. The summed E-state index contributed by atoms with van der Waals surface area (Å²) in [6, 6.07) is 10.4. The molecule has 0 unspecified atom stereocenters. The van der Waals surface area contributed by atoms with Gasteiger partial charge in [0.2, 0.25) is 0 Å². The smallest absolute Gasteiger partial charge is 0.118 e. The molecule has 1 fully saturated rings. The SMILES string of the molecule is CSc1c(C2CC2)nnn1Cc1ccccc1. The molecule has 0 saturated heterocycles. The van der Waals surface area contributed by atoms with Crippen molar-refractivity contribution >= 4 is 11.8 Å². The lowest BCUT2D eigenvalue weighted by atomic mass is 10.2. The molecular formula is C13H15N3S. The maximum Gasteiger partial charge on any atom is 0.118 e. The highest BCUT2D eigenvalue weighted by Gasteiger charge is 2.30. The Labute approximate surface area is 105 Å². The van der Waals surface area contributed by atoms with E-state index in [1.54, 1.807) is 11.8 Å². The van der Waals surface area contributed by atoms with Gasteiger partial charge in [-0.3, -0.25) is 0 Å². The van der Waals surface area contributed by atoms with Crippen molar-refractivity contribution in [3.05, 3.63) is 41.6 Å². The number of aromatic nitrogens is 3.